The molecular formula is C21H26FN3S. The van der Waals surface area contributed by atoms with Gasteiger partial charge in [-0.2, -0.15) is 0 Å². The van der Waals surface area contributed by atoms with E-state index < -0.39 is 0 Å². The molecule has 1 heterocycles. The summed E-state index contributed by atoms with van der Waals surface area (Å²) in [4.78, 5) is 6.42. The second-order valence-corrected chi connectivity index (χ2v) is 7.29. The van der Waals surface area contributed by atoms with Crippen LogP contribution < -0.4 is 5.32 Å². The minimum Gasteiger partial charge on any atom is -0.360 e. The van der Waals surface area contributed by atoms with E-state index in [2.05, 4.69) is 10.3 Å². The van der Waals surface area contributed by atoms with Gasteiger partial charge < -0.3 is 10.2 Å². The first-order valence-corrected chi connectivity index (χ1v) is 9.82. The van der Waals surface area contributed by atoms with Gasteiger partial charge in [0.1, 0.15) is 5.82 Å². The Kier molecular flexibility index (Phi) is 6.95. The molecule has 0 saturated heterocycles. The number of rotatable bonds is 5. The van der Waals surface area contributed by atoms with Gasteiger partial charge in [0, 0.05) is 24.3 Å². The summed E-state index contributed by atoms with van der Waals surface area (Å²) in [5, 5.41) is 4.21. The van der Waals surface area contributed by atoms with Crippen LogP contribution in [0.3, 0.4) is 0 Å². The van der Waals surface area contributed by atoms with E-state index >= 15 is 0 Å². The lowest BCUT2D eigenvalue weighted by Gasteiger charge is -2.29. The van der Waals surface area contributed by atoms with Crippen molar-refractivity contribution in [3.8, 4) is 0 Å². The third-order valence-corrected chi connectivity index (χ3v) is 5.24. The zero-order valence-corrected chi connectivity index (χ0v) is 15.9. The molecule has 1 fully saturated rings. The lowest BCUT2D eigenvalue weighted by Crippen LogP contribution is -2.44. The molecular weight excluding hydrogens is 345 g/mol. The van der Waals surface area contributed by atoms with Crippen molar-refractivity contribution in [3.05, 3.63) is 65.7 Å². The lowest BCUT2D eigenvalue weighted by molar-refractivity contribution is 0.373. The number of benzene rings is 1. The molecule has 0 atom stereocenters. The Morgan fingerprint density at radius 2 is 1.77 bits per heavy atom. The van der Waals surface area contributed by atoms with Crippen LogP contribution >= 0.6 is 12.2 Å². The average molecular weight is 372 g/mol. The van der Waals surface area contributed by atoms with Gasteiger partial charge in [0.25, 0.3) is 0 Å². The van der Waals surface area contributed by atoms with Crippen LogP contribution in [0.2, 0.25) is 0 Å². The van der Waals surface area contributed by atoms with Gasteiger partial charge in [0.15, 0.2) is 5.11 Å². The van der Waals surface area contributed by atoms with E-state index in [1.54, 1.807) is 12.3 Å². The Balaban J connectivity index is 1.72. The summed E-state index contributed by atoms with van der Waals surface area (Å²) in [5.74, 6) is -0.198. The van der Waals surface area contributed by atoms with E-state index in [1.165, 1.54) is 31.7 Å². The summed E-state index contributed by atoms with van der Waals surface area (Å²) in [6, 6.07) is 13.1. The monoisotopic (exact) mass is 371 g/mol. The summed E-state index contributed by atoms with van der Waals surface area (Å²) in [6.45, 7) is 0.996. The smallest absolute Gasteiger partial charge is 0.169 e. The second-order valence-electron chi connectivity index (χ2n) is 6.91. The molecule has 3 nitrogen and oxygen atoms in total. The highest BCUT2D eigenvalue weighted by Gasteiger charge is 2.18. The minimum atomic E-state index is -0.198. The van der Waals surface area contributed by atoms with Gasteiger partial charge in [-0.3, -0.25) is 4.98 Å². The predicted molar refractivity (Wildman–Crippen MR) is 107 cm³/mol. The Hall–Kier alpha value is -2.01. The maximum absolute atomic E-state index is 14.2. The number of hydrogen-bond acceptors (Lipinski definition) is 2. The fourth-order valence-corrected chi connectivity index (χ4v) is 3.70. The summed E-state index contributed by atoms with van der Waals surface area (Å²) < 4.78 is 14.2. The highest BCUT2D eigenvalue weighted by Crippen LogP contribution is 2.18. The summed E-state index contributed by atoms with van der Waals surface area (Å²) in [6.07, 6.45) is 9.17. The van der Waals surface area contributed by atoms with Crippen molar-refractivity contribution in [2.75, 3.05) is 0 Å². The summed E-state index contributed by atoms with van der Waals surface area (Å²) in [7, 11) is 0. The molecule has 1 aromatic heterocycles. The second kappa shape index (κ2) is 9.62. The maximum Gasteiger partial charge on any atom is 0.169 e. The van der Waals surface area contributed by atoms with E-state index in [4.69, 9.17) is 12.2 Å². The van der Waals surface area contributed by atoms with Gasteiger partial charge in [0.2, 0.25) is 0 Å². The number of halogens is 1. The molecule has 1 aliphatic carbocycles. The van der Waals surface area contributed by atoms with Gasteiger partial charge in [0.05, 0.1) is 12.2 Å². The predicted octanol–water partition coefficient (Wildman–Crippen LogP) is 4.82. The van der Waals surface area contributed by atoms with Crippen LogP contribution in [0.25, 0.3) is 0 Å². The fraction of sp³-hybridized carbons (Fsp3) is 0.429. The molecule has 1 aromatic carbocycles. The summed E-state index contributed by atoms with van der Waals surface area (Å²) in [5.41, 5.74) is 1.57. The molecule has 2 aromatic rings. The van der Waals surface area contributed by atoms with Crippen molar-refractivity contribution in [2.45, 2.75) is 57.7 Å². The molecule has 3 rings (SSSR count). The molecule has 26 heavy (non-hydrogen) atoms. The fourth-order valence-electron chi connectivity index (χ4n) is 3.41. The van der Waals surface area contributed by atoms with Crippen LogP contribution in [0.5, 0.6) is 0 Å². The Morgan fingerprint density at radius 1 is 1.04 bits per heavy atom. The number of nitrogens with one attached hydrogen (secondary N) is 1. The SMILES string of the molecule is Fc1ccccc1CN(Cc1ccccn1)C(=S)NC1CCCCCC1. The van der Waals surface area contributed by atoms with Gasteiger partial charge in [-0.15, -0.1) is 0 Å². The normalized spacial score (nSPS) is 15.3. The molecule has 0 aliphatic heterocycles. The van der Waals surface area contributed by atoms with E-state index in [0.717, 1.165) is 18.5 Å². The van der Waals surface area contributed by atoms with Crippen molar-refractivity contribution >= 4 is 17.3 Å². The lowest BCUT2D eigenvalue weighted by atomic mass is 10.1. The van der Waals surface area contributed by atoms with E-state index in [-0.39, 0.29) is 5.82 Å². The highest BCUT2D eigenvalue weighted by atomic mass is 32.1. The van der Waals surface area contributed by atoms with Crippen molar-refractivity contribution in [2.24, 2.45) is 0 Å². The first kappa shape index (κ1) is 18.8. The first-order valence-electron chi connectivity index (χ1n) is 9.41. The number of aromatic nitrogens is 1. The number of hydrogen-bond donors (Lipinski definition) is 1. The molecule has 0 spiro atoms. The van der Waals surface area contributed by atoms with E-state index in [1.807, 2.05) is 35.2 Å². The van der Waals surface area contributed by atoms with Gasteiger partial charge in [-0.25, -0.2) is 4.39 Å². The third kappa shape index (κ3) is 5.49. The number of thiocarbonyl (C=S) groups is 1. The molecule has 0 amide bonds. The quantitative estimate of drug-likeness (QED) is 0.602. The topological polar surface area (TPSA) is 28.2 Å². The van der Waals surface area contributed by atoms with Crippen molar-refractivity contribution in [1.82, 2.24) is 15.2 Å². The molecule has 138 valence electrons. The van der Waals surface area contributed by atoms with Crippen LogP contribution in [0.15, 0.2) is 48.7 Å². The standard InChI is InChI=1S/C21H26FN3S/c22-20-13-6-5-9-17(20)15-25(16-19-12-7-8-14-23-19)21(26)24-18-10-3-1-2-4-11-18/h5-9,12-14,18H,1-4,10-11,15-16H2,(H,24,26). The highest BCUT2D eigenvalue weighted by molar-refractivity contribution is 7.80. The molecule has 1 N–H and O–H groups in total. The largest absolute Gasteiger partial charge is 0.360 e. The zero-order chi connectivity index (χ0) is 18.2. The maximum atomic E-state index is 14.2. The van der Waals surface area contributed by atoms with Crippen molar-refractivity contribution < 1.29 is 4.39 Å². The van der Waals surface area contributed by atoms with Gasteiger partial charge >= 0.3 is 0 Å². The van der Waals surface area contributed by atoms with Crippen LogP contribution in [0, 0.1) is 5.82 Å². The Morgan fingerprint density at radius 3 is 2.46 bits per heavy atom. The Labute approximate surface area is 160 Å². The molecule has 1 saturated carbocycles. The first-order chi connectivity index (χ1) is 12.7. The van der Waals surface area contributed by atoms with E-state index in [0.29, 0.717) is 29.8 Å². The average Bonchev–Trinajstić information content (AvgIpc) is 2.92. The number of nitrogens with zero attached hydrogens (tertiary/aromatic N) is 2. The minimum absolute atomic E-state index is 0.198. The molecule has 1 aliphatic rings. The van der Waals surface area contributed by atoms with Crippen molar-refractivity contribution in [3.63, 3.8) is 0 Å². The number of pyridine rings is 1. The molecule has 0 unspecified atom stereocenters. The van der Waals surface area contributed by atoms with Crippen LogP contribution in [0.4, 0.5) is 4.39 Å². The van der Waals surface area contributed by atoms with Crippen LogP contribution in [0.1, 0.15) is 49.8 Å². The van der Waals surface area contributed by atoms with Crippen LogP contribution in [-0.4, -0.2) is 21.0 Å². The Bertz CT molecular complexity index is 699. The van der Waals surface area contributed by atoms with Gasteiger partial charge in [-0.1, -0.05) is 49.9 Å². The molecule has 5 heteroatoms. The summed E-state index contributed by atoms with van der Waals surface area (Å²) >= 11 is 5.71. The van der Waals surface area contributed by atoms with E-state index in [9.17, 15) is 4.39 Å². The third-order valence-electron chi connectivity index (χ3n) is 4.87. The van der Waals surface area contributed by atoms with Crippen molar-refractivity contribution in [1.29, 1.82) is 0 Å². The molecule has 0 bridgehead atoms. The molecule has 0 radical (unpaired) electrons. The van der Waals surface area contributed by atoms with Gasteiger partial charge in [-0.05, 0) is 43.3 Å². The zero-order valence-electron chi connectivity index (χ0n) is 15.0. The van der Waals surface area contributed by atoms with Crippen LogP contribution in [-0.2, 0) is 13.1 Å².